The molecule has 496 valence electrons. The Labute approximate surface area is 515 Å². The molecular formula is C56H100N20O12. The molecule has 5 atom stereocenters. The number of carbonyl (C=O) groups excluding carboxylic acids is 10. The Balaban J connectivity index is 1.97. The third-order valence-corrected chi connectivity index (χ3v) is 13.9. The number of aryl methyl sites for hydroxylation is 1. The maximum absolute atomic E-state index is 14.5. The van der Waals surface area contributed by atoms with E-state index < -0.39 is 122 Å². The van der Waals surface area contributed by atoms with Gasteiger partial charge in [0, 0.05) is 70.7 Å². The second kappa shape index (κ2) is 46.3. The van der Waals surface area contributed by atoms with Crippen molar-refractivity contribution >= 4 is 65.0 Å². The molecule has 32 nitrogen and oxygen atoms in total. The van der Waals surface area contributed by atoms with Gasteiger partial charge in [0.25, 0.3) is 0 Å². The minimum Gasteiger partial charge on any atom is -0.377 e. The fraction of sp³-hybridized carbons (Fsp3) is 0.732. The summed E-state index contributed by atoms with van der Waals surface area (Å²) in [6.45, 7) is 1.12. The standard InChI is InChI=1S/C56H100N20O12/c1-5-6-20-40(51(82)61-2)66-49(80)36-76(29-28-75(3)4)55(86)43(33-39-34-62-38-65-39)69-53(84)42(24-26-46(58)78)68-54(85)44(35-64-56(59)60)70-52(83)41(23-25-45(57)77)67-50(81)37-88-32-31-87-30-27-63-48(79)22-19-17-15-13-11-9-7-8-10-12-14-16-18-21-47-71-73-74-72-47/h34,38,40-44H,5-33,35-37H2,1-4H3,(H2,57,77)(H2,58,78)(H,61,82)(H,62,65)(H,63,79)(H,66,80)(H,67,81)(H,68,85)(H,69,84)(H,70,83)(H4,59,60,64)(H,71,72,73,74)/t40-,41-,42-,43-,44-/m0/s1. The molecule has 0 unspecified atom stereocenters. The first-order valence-corrected chi connectivity index (χ1v) is 30.6. The van der Waals surface area contributed by atoms with Crippen molar-refractivity contribution < 1.29 is 57.4 Å². The van der Waals surface area contributed by atoms with Gasteiger partial charge in [-0.1, -0.05) is 95.6 Å². The molecule has 32 heteroatoms. The lowest BCUT2D eigenvalue weighted by Gasteiger charge is -2.30. The van der Waals surface area contributed by atoms with Gasteiger partial charge in [-0.3, -0.25) is 52.9 Å². The first kappa shape index (κ1) is 76.2. The largest absolute Gasteiger partial charge is 0.377 e. The molecule has 0 aromatic carbocycles. The van der Waals surface area contributed by atoms with Crippen molar-refractivity contribution in [3.8, 4) is 0 Å². The van der Waals surface area contributed by atoms with Crippen LogP contribution in [-0.2, 0) is 70.3 Å². The number of nitrogens with one attached hydrogen (secondary N) is 9. The van der Waals surface area contributed by atoms with E-state index in [1.54, 1.807) is 19.0 Å². The molecule has 0 aliphatic heterocycles. The highest BCUT2D eigenvalue weighted by Gasteiger charge is 2.34. The van der Waals surface area contributed by atoms with Crippen LogP contribution in [0.1, 0.15) is 153 Å². The van der Waals surface area contributed by atoms with Crippen LogP contribution in [0.3, 0.4) is 0 Å². The second-order valence-electron chi connectivity index (χ2n) is 21.7. The van der Waals surface area contributed by atoms with Crippen molar-refractivity contribution in [1.82, 2.24) is 77.6 Å². The van der Waals surface area contributed by atoms with E-state index in [0.29, 0.717) is 25.0 Å². The number of nitrogens with two attached hydrogens (primary N) is 4. The first-order valence-electron chi connectivity index (χ1n) is 30.6. The molecule has 0 aliphatic carbocycles. The highest BCUT2D eigenvalue weighted by molar-refractivity contribution is 5.97. The zero-order chi connectivity index (χ0) is 64.9. The molecular weight excluding hydrogens is 1140 g/mol. The summed E-state index contributed by atoms with van der Waals surface area (Å²) in [5.41, 5.74) is 22.4. The third-order valence-electron chi connectivity index (χ3n) is 13.9. The number of guanidine groups is 1. The number of ether oxygens (including phenoxy) is 2. The van der Waals surface area contributed by atoms with Gasteiger partial charge in [-0.15, -0.1) is 10.2 Å². The highest BCUT2D eigenvalue weighted by atomic mass is 16.5. The molecule has 2 heterocycles. The van der Waals surface area contributed by atoms with Gasteiger partial charge in [-0.2, -0.15) is 5.21 Å². The van der Waals surface area contributed by atoms with Crippen molar-refractivity contribution in [2.45, 2.75) is 185 Å². The molecule has 10 amide bonds. The van der Waals surface area contributed by atoms with Crippen LogP contribution in [0, 0.1) is 0 Å². The van der Waals surface area contributed by atoms with Gasteiger partial charge in [0.05, 0.1) is 39.2 Å². The summed E-state index contributed by atoms with van der Waals surface area (Å²) in [5.74, 6) is -7.00. The number of imidazole rings is 1. The summed E-state index contributed by atoms with van der Waals surface area (Å²) in [6, 6.07) is -7.01. The number of primary amides is 2. The molecule has 0 fully saturated rings. The number of rotatable bonds is 52. The molecule has 0 radical (unpaired) electrons. The fourth-order valence-corrected chi connectivity index (χ4v) is 8.98. The first-order chi connectivity index (χ1) is 42.2. The lowest BCUT2D eigenvalue weighted by Crippen LogP contribution is -2.60. The van der Waals surface area contributed by atoms with Gasteiger partial charge >= 0.3 is 0 Å². The fourth-order valence-electron chi connectivity index (χ4n) is 8.98. The number of tetrazole rings is 1. The van der Waals surface area contributed by atoms with Crippen LogP contribution in [0.5, 0.6) is 0 Å². The van der Waals surface area contributed by atoms with E-state index in [4.69, 9.17) is 32.4 Å². The third kappa shape index (κ3) is 36.3. The van der Waals surface area contributed by atoms with Crippen molar-refractivity contribution in [3.05, 3.63) is 24.0 Å². The van der Waals surface area contributed by atoms with Crippen molar-refractivity contribution in [1.29, 1.82) is 0 Å². The van der Waals surface area contributed by atoms with Crippen LogP contribution in [0.4, 0.5) is 0 Å². The Morgan fingerprint density at radius 3 is 1.73 bits per heavy atom. The van der Waals surface area contributed by atoms with Crippen LogP contribution in [0.15, 0.2) is 17.5 Å². The summed E-state index contributed by atoms with van der Waals surface area (Å²) in [7, 11) is 4.95. The Morgan fingerprint density at radius 1 is 0.614 bits per heavy atom. The Hall–Kier alpha value is -7.87. The lowest BCUT2D eigenvalue weighted by molar-refractivity contribution is -0.141. The second-order valence-corrected chi connectivity index (χ2v) is 21.7. The number of nitrogens with zero attached hydrogens (tertiary/aromatic N) is 7. The van der Waals surface area contributed by atoms with Crippen LogP contribution in [-0.4, -0.2) is 216 Å². The number of carbonyl (C=O) groups is 10. The number of H-pyrrole nitrogens is 2. The van der Waals surface area contributed by atoms with E-state index in [9.17, 15) is 47.9 Å². The number of unbranched alkanes of at least 4 members (excludes halogenated alkanes) is 13. The molecule has 0 spiro atoms. The molecule has 17 N–H and O–H groups in total. The van der Waals surface area contributed by atoms with Crippen molar-refractivity contribution in [3.63, 3.8) is 0 Å². The normalized spacial score (nSPS) is 12.8. The smallest absolute Gasteiger partial charge is 0.246 e. The molecule has 0 saturated heterocycles. The van der Waals surface area contributed by atoms with E-state index in [1.165, 1.54) is 75.8 Å². The summed E-state index contributed by atoms with van der Waals surface area (Å²) in [6.07, 6.45) is 19.2. The van der Waals surface area contributed by atoms with Gasteiger partial charge in [0.15, 0.2) is 11.8 Å². The number of hydrogen-bond donors (Lipinski definition) is 13. The van der Waals surface area contributed by atoms with Gasteiger partial charge in [-0.05, 0) is 46.2 Å². The monoisotopic (exact) mass is 1240 g/mol. The molecule has 2 aromatic heterocycles. The molecule has 0 saturated carbocycles. The molecule has 2 rings (SSSR count). The van der Waals surface area contributed by atoms with Crippen LogP contribution < -0.4 is 60.2 Å². The molecule has 0 bridgehead atoms. The number of likely N-dealkylation sites (N-methyl/N-ethyl adjacent to an activating group) is 2. The van der Waals surface area contributed by atoms with E-state index in [1.807, 2.05) is 6.92 Å². The molecule has 0 aliphatic rings. The van der Waals surface area contributed by atoms with Gasteiger partial charge < -0.3 is 84.4 Å². The van der Waals surface area contributed by atoms with Crippen molar-refractivity contribution in [2.75, 3.05) is 80.3 Å². The summed E-state index contributed by atoms with van der Waals surface area (Å²) in [5, 5.41) is 32.1. The Kier molecular flexibility index (Phi) is 40.1. The van der Waals surface area contributed by atoms with Gasteiger partial charge in [-0.25, -0.2) is 4.98 Å². The van der Waals surface area contributed by atoms with Gasteiger partial charge in [0.1, 0.15) is 36.8 Å². The van der Waals surface area contributed by atoms with Crippen molar-refractivity contribution in [2.24, 2.45) is 27.9 Å². The molecule has 2 aromatic rings. The summed E-state index contributed by atoms with van der Waals surface area (Å²) in [4.78, 5) is 146. The predicted octanol–water partition coefficient (Wildman–Crippen LogP) is -2.13. The van der Waals surface area contributed by atoms with E-state index >= 15 is 0 Å². The average Bonchev–Trinajstić information content (AvgIpc) is 4.29. The quantitative estimate of drug-likeness (QED) is 0.0191. The van der Waals surface area contributed by atoms with Crippen LogP contribution in [0.25, 0.3) is 0 Å². The van der Waals surface area contributed by atoms with Gasteiger partial charge in [0.2, 0.25) is 59.1 Å². The Morgan fingerprint density at radius 2 is 1.17 bits per heavy atom. The number of amides is 10. The maximum atomic E-state index is 14.5. The van der Waals surface area contributed by atoms with Crippen LogP contribution >= 0.6 is 0 Å². The average molecular weight is 1250 g/mol. The van der Waals surface area contributed by atoms with E-state index in [-0.39, 0.29) is 64.6 Å². The predicted molar refractivity (Wildman–Crippen MR) is 325 cm³/mol. The zero-order valence-electron chi connectivity index (χ0n) is 52.0. The number of aromatic amines is 2. The summed E-state index contributed by atoms with van der Waals surface area (Å²) < 4.78 is 11.0. The number of hydrogen-bond acceptors (Lipinski definition) is 18. The topological polar surface area (TPSA) is 479 Å². The van der Waals surface area contributed by atoms with E-state index in [2.05, 4.69) is 72.8 Å². The molecule has 88 heavy (non-hydrogen) atoms. The maximum Gasteiger partial charge on any atom is 0.246 e. The minimum absolute atomic E-state index is 0.00465. The number of aliphatic imine (C=N–C) groups is 1. The Bertz CT molecular complexity index is 2390. The zero-order valence-corrected chi connectivity index (χ0v) is 52.0. The van der Waals surface area contributed by atoms with E-state index in [0.717, 1.165) is 50.8 Å². The minimum atomic E-state index is -1.66. The SMILES string of the molecule is CCCC[C@H](NC(=O)CN(CCN(C)C)C(=O)[C@H](Cc1cnc[nH]1)NC(=O)[C@H](CCC(N)=O)NC(=O)[C@H](CN=C(N)N)NC(=O)[C@H](CCC(N)=O)NC(=O)COCCOCCNC(=O)CCCCCCCCCCCCCCCc1nn[nH]n1)C(=O)NC. The van der Waals surface area contributed by atoms with Crippen LogP contribution in [0.2, 0.25) is 0 Å². The highest BCUT2D eigenvalue weighted by Crippen LogP contribution is 2.14. The number of aromatic nitrogens is 6. The lowest BCUT2D eigenvalue weighted by atomic mass is 10.0. The summed E-state index contributed by atoms with van der Waals surface area (Å²) >= 11 is 0.